The van der Waals surface area contributed by atoms with E-state index >= 15 is 0 Å². The van der Waals surface area contributed by atoms with Crippen LogP contribution in [0.2, 0.25) is 0 Å². The number of nitrogens with one attached hydrogen (secondary N) is 2. The molecule has 1 saturated carbocycles. The minimum absolute atomic E-state index is 0.0818. The van der Waals surface area contributed by atoms with Crippen molar-refractivity contribution in [2.24, 2.45) is 7.05 Å². The zero-order valence-corrected chi connectivity index (χ0v) is 9.37. The molecule has 1 fully saturated rings. The summed E-state index contributed by atoms with van der Waals surface area (Å²) in [6.45, 7) is 0. The second kappa shape index (κ2) is 3.56. The van der Waals surface area contributed by atoms with Gasteiger partial charge in [0.05, 0.1) is 0 Å². The molecule has 1 heterocycles. The average Bonchev–Trinajstić information content (AvgIpc) is 2.94. The fraction of sp³-hybridized carbons (Fsp3) is 0.500. The standard InChI is InChI=1S/C8H11N3O4S/c1-11-4-6(7(12)9-8(11)13)16(14,15)10-5-2-3-5/h4-5,10H,2-3H2,1H3,(H,9,12,13). The smallest absolute Gasteiger partial charge is 0.302 e. The molecule has 0 aliphatic heterocycles. The van der Waals surface area contributed by atoms with Crippen molar-refractivity contribution in [1.82, 2.24) is 14.3 Å². The van der Waals surface area contributed by atoms with Gasteiger partial charge in [0.15, 0.2) is 4.90 Å². The summed E-state index contributed by atoms with van der Waals surface area (Å²) in [6.07, 6.45) is 2.58. The van der Waals surface area contributed by atoms with Crippen molar-refractivity contribution < 1.29 is 8.42 Å². The summed E-state index contributed by atoms with van der Waals surface area (Å²) in [6, 6.07) is -0.0818. The van der Waals surface area contributed by atoms with Gasteiger partial charge in [-0.1, -0.05) is 0 Å². The van der Waals surface area contributed by atoms with Crippen LogP contribution in [-0.4, -0.2) is 24.0 Å². The molecule has 1 aromatic rings. The normalized spacial score (nSPS) is 16.3. The summed E-state index contributed by atoms with van der Waals surface area (Å²) in [4.78, 5) is 23.9. The molecule has 7 nitrogen and oxygen atoms in total. The first-order valence-corrected chi connectivity index (χ1v) is 6.21. The zero-order valence-electron chi connectivity index (χ0n) is 8.56. The highest BCUT2D eigenvalue weighted by Gasteiger charge is 2.29. The predicted molar refractivity (Wildman–Crippen MR) is 55.6 cm³/mol. The molecule has 0 atom stereocenters. The molecule has 0 unspecified atom stereocenters. The van der Waals surface area contributed by atoms with E-state index in [1.807, 2.05) is 4.98 Å². The Labute approximate surface area is 91.2 Å². The first kappa shape index (κ1) is 11.1. The van der Waals surface area contributed by atoms with Gasteiger partial charge in [0.1, 0.15) is 0 Å². The SMILES string of the molecule is Cn1cc(S(=O)(=O)NC2CC2)c(=O)[nH]c1=O. The van der Waals surface area contributed by atoms with Gasteiger partial charge < -0.3 is 4.57 Å². The van der Waals surface area contributed by atoms with Crippen molar-refractivity contribution in [1.29, 1.82) is 0 Å². The van der Waals surface area contributed by atoms with Gasteiger partial charge in [-0.2, -0.15) is 0 Å². The van der Waals surface area contributed by atoms with Crippen molar-refractivity contribution >= 4 is 10.0 Å². The first-order chi connectivity index (χ1) is 7.40. The summed E-state index contributed by atoms with van der Waals surface area (Å²) in [7, 11) is -2.45. The Bertz CT molecular complexity index is 623. The number of hydrogen-bond donors (Lipinski definition) is 2. The highest BCUT2D eigenvalue weighted by atomic mass is 32.2. The molecule has 88 valence electrons. The van der Waals surface area contributed by atoms with E-state index in [2.05, 4.69) is 4.72 Å². The van der Waals surface area contributed by atoms with Gasteiger partial charge in [-0.05, 0) is 12.8 Å². The lowest BCUT2D eigenvalue weighted by molar-refractivity contribution is 0.576. The van der Waals surface area contributed by atoms with E-state index in [4.69, 9.17) is 0 Å². The molecule has 8 heteroatoms. The molecule has 2 N–H and O–H groups in total. The molecule has 0 amide bonds. The summed E-state index contributed by atoms with van der Waals surface area (Å²) >= 11 is 0. The van der Waals surface area contributed by atoms with Gasteiger partial charge in [-0.25, -0.2) is 17.9 Å². The highest BCUT2D eigenvalue weighted by Crippen LogP contribution is 2.20. The van der Waals surface area contributed by atoms with E-state index in [0.717, 1.165) is 23.6 Å². The molecule has 0 saturated heterocycles. The van der Waals surface area contributed by atoms with Crippen LogP contribution >= 0.6 is 0 Å². The van der Waals surface area contributed by atoms with Crippen LogP contribution in [-0.2, 0) is 17.1 Å². The Morgan fingerprint density at radius 2 is 2.06 bits per heavy atom. The number of aryl methyl sites for hydroxylation is 1. The zero-order chi connectivity index (χ0) is 11.9. The largest absolute Gasteiger partial charge is 0.328 e. The summed E-state index contributed by atoms with van der Waals surface area (Å²) < 4.78 is 26.8. The molecule has 0 bridgehead atoms. The number of rotatable bonds is 3. The van der Waals surface area contributed by atoms with Crippen molar-refractivity contribution in [2.75, 3.05) is 0 Å². The van der Waals surface area contributed by atoms with Gasteiger partial charge in [0.25, 0.3) is 5.56 Å². The molecular formula is C8H11N3O4S. The van der Waals surface area contributed by atoms with Crippen molar-refractivity contribution in [3.8, 4) is 0 Å². The minimum atomic E-state index is -3.82. The number of H-pyrrole nitrogens is 1. The topological polar surface area (TPSA) is 101 Å². The maximum Gasteiger partial charge on any atom is 0.328 e. The summed E-state index contributed by atoms with van der Waals surface area (Å²) in [5.74, 6) is 0. The van der Waals surface area contributed by atoms with Gasteiger partial charge in [-0.3, -0.25) is 9.78 Å². The van der Waals surface area contributed by atoms with Crippen LogP contribution < -0.4 is 16.0 Å². The van der Waals surface area contributed by atoms with E-state index in [0.29, 0.717) is 0 Å². The van der Waals surface area contributed by atoms with Crippen molar-refractivity contribution in [3.63, 3.8) is 0 Å². The lowest BCUT2D eigenvalue weighted by atomic mass is 10.6. The van der Waals surface area contributed by atoms with E-state index < -0.39 is 26.2 Å². The number of aromatic amines is 1. The van der Waals surface area contributed by atoms with E-state index in [-0.39, 0.29) is 6.04 Å². The summed E-state index contributed by atoms with van der Waals surface area (Å²) in [5, 5.41) is 0. The lowest BCUT2D eigenvalue weighted by Crippen LogP contribution is -2.36. The van der Waals surface area contributed by atoms with Crippen LogP contribution in [0.25, 0.3) is 0 Å². The second-order valence-electron chi connectivity index (χ2n) is 3.76. The number of hydrogen-bond acceptors (Lipinski definition) is 4. The van der Waals surface area contributed by atoms with E-state index in [1.165, 1.54) is 7.05 Å². The Kier molecular flexibility index (Phi) is 2.47. The molecule has 16 heavy (non-hydrogen) atoms. The maximum absolute atomic E-state index is 11.7. The first-order valence-electron chi connectivity index (χ1n) is 4.72. The monoisotopic (exact) mass is 245 g/mol. The van der Waals surface area contributed by atoms with Crippen LogP contribution in [0.5, 0.6) is 0 Å². The minimum Gasteiger partial charge on any atom is -0.302 e. The fourth-order valence-corrected chi connectivity index (χ4v) is 2.61. The molecule has 1 aliphatic carbocycles. The van der Waals surface area contributed by atoms with Gasteiger partial charge in [0, 0.05) is 19.3 Å². The third kappa shape index (κ3) is 2.07. The van der Waals surface area contributed by atoms with Crippen LogP contribution in [0, 0.1) is 0 Å². The molecule has 1 aliphatic rings. The molecule has 0 radical (unpaired) electrons. The number of aromatic nitrogens is 2. The van der Waals surface area contributed by atoms with E-state index in [1.54, 1.807) is 0 Å². The van der Waals surface area contributed by atoms with Crippen molar-refractivity contribution in [3.05, 3.63) is 27.0 Å². The highest BCUT2D eigenvalue weighted by molar-refractivity contribution is 7.89. The quantitative estimate of drug-likeness (QED) is 0.677. The van der Waals surface area contributed by atoms with Crippen molar-refractivity contribution in [2.45, 2.75) is 23.8 Å². The van der Waals surface area contributed by atoms with Crippen LogP contribution in [0.15, 0.2) is 20.7 Å². The molecular weight excluding hydrogens is 234 g/mol. The predicted octanol–water partition coefficient (Wildman–Crippen LogP) is -1.49. The molecule has 0 spiro atoms. The third-order valence-electron chi connectivity index (χ3n) is 2.26. The molecule has 2 rings (SSSR count). The van der Waals surface area contributed by atoms with Gasteiger partial charge in [-0.15, -0.1) is 0 Å². The van der Waals surface area contributed by atoms with Crippen LogP contribution in [0.1, 0.15) is 12.8 Å². The van der Waals surface area contributed by atoms with Crippen LogP contribution in [0.3, 0.4) is 0 Å². The maximum atomic E-state index is 11.7. The van der Waals surface area contributed by atoms with Crippen LogP contribution in [0.4, 0.5) is 0 Å². The Hall–Kier alpha value is -1.41. The molecule has 1 aromatic heterocycles. The molecule has 0 aromatic carbocycles. The fourth-order valence-electron chi connectivity index (χ4n) is 1.22. The number of nitrogens with zero attached hydrogens (tertiary/aromatic N) is 1. The lowest BCUT2D eigenvalue weighted by Gasteiger charge is -2.05. The van der Waals surface area contributed by atoms with Gasteiger partial charge in [0.2, 0.25) is 10.0 Å². The third-order valence-corrected chi connectivity index (χ3v) is 3.78. The van der Waals surface area contributed by atoms with E-state index in [9.17, 15) is 18.0 Å². The van der Waals surface area contributed by atoms with Gasteiger partial charge >= 0.3 is 5.69 Å². The average molecular weight is 245 g/mol. The second-order valence-corrected chi connectivity index (χ2v) is 5.44. The Balaban J connectivity index is 2.50. The summed E-state index contributed by atoms with van der Waals surface area (Å²) in [5.41, 5.74) is -1.54. The number of sulfonamides is 1. The Morgan fingerprint density at radius 1 is 1.44 bits per heavy atom. The Morgan fingerprint density at radius 3 is 2.62 bits per heavy atom.